The normalized spacial score (nSPS) is 12.0. The molecule has 1 rings (SSSR count). The van der Waals surface area contributed by atoms with Crippen LogP contribution in [0.3, 0.4) is 0 Å². The summed E-state index contributed by atoms with van der Waals surface area (Å²) in [6.07, 6.45) is -0.453. The second-order valence-electron chi connectivity index (χ2n) is 2.48. The fourth-order valence-electron chi connectivity index (χ4n) is 0.732. The van der Waals surface area contributed by atoms with Crippen LogP contribution in [0.1, 0.15) is 11.4 Å². The number of hydrogen-bond acceptors (Lipinski definition) is 3. The summed E-state index contributed by atoms with van der Waals surface area (Å²) in [5.74, 6) is -1.23. The number of nitrogens with zero attached hydrogens (tertiary/aromatic N) is 2. The van der Waals surface area contributed by atoms with Gasteiger partial charge in [0.05, 0.1) is 0 Å². The molecule has 0 fully saturated rings. The Morgan fingerprint density at radius 2 is 1.87 bits per heavy atom. The summed E-state index contributed by atoms with van der Waals surface area (Å²) < 4.78 is 36.0. The van der Waals surface area contributed by atoms with Gasteiger partial charge in [0.25, 0.3) is 0 Å². The van der Waals surface area contributed by atoms with Crippen molar-refractivity contribution in [1.29, 1.82) is 0 Å². The van der Waals surface area contributed by atoms with E-state index in [9.17, 15) is 18.0 Å². The predicted molar refractivity (Wildman–Crippen MR) is 46.9 cm³/mol. The maximum absolute atomic E-state index is 12.0. The molecule has 0 saturated carbocycles. The molecule has 1 aromatic heterocycles. The third-order valence-corrected chi connectivity index (χ3v) is 1.46. The second kappa shape index (κ2) is 4.39. The highest BCUT2D eigenvalue weighted by Gasteiger charge is 2.34. The van der Waals surface area contributed by atoms with Crippen molar-refractivity contribution in [1.82, 2.24) is 9.97 Å². The largest absolute Gasteiger partial charge is 0.451 e. The van der Waals surface area contributed by atoms with E-state index in [-0.39, 0.29) is 5.56 Å². The molecule has 0 aliphatic heterocycles. The molecule has 0 aromatic carbocycles. The zero-order chi connectivity index (χ0) is 11.5. The Hall–Kier alpha value is -1.43. The van der Waals surface area contributed by atoms with Gasteiger partial charge in [-0.3, -0.25) is 4.79 Å². The Kier molecular flexibility index (Phi) is 3.41. The monoisotopic (exact) mass is 236 g/mol. The molecule has 0 aliphatic carbocycles. The average Bonchev–Trinajstić information content (AvgIpc) is 2.14. The van der Waals surface area contributed by atoms with Gasteiger partial charge in [0, 0.05) is 18.0 Å². The molecular weight excluding hydrogens is 233 g/mol. The van der Waals surface area contributed by atoms with Crippen molar-refractivity contribution in [3.63, 3.8) is 0 Å². The van der Waals surface area contributed by atoms with E-state index in [0.29, 0.717) is 0 Å². The van der Waals surface area contributed by atoms with Crippen LogP contribution in [0.25, 0.3) is 6.08 Å². The van der Waals surface area contributed by atoms with Gasteiger partial charge in [-0.2, -0.15) is 13.2 Å². The summed E-state index contributed by atoms with van der Waals surface area (Å²) in [5, 5.41) is -0.727. The molecule has 0 bridgehead atoms. The van der Waals surface area contributed by atoms with Crippen LogP contribution in [-0.2, 0) is 11.0 Å². The highest BCUT2D eigenvalue weighted by molar-refractivity contribution is 6.66. The summed E-state index contributed by atoms with van der Waals surface area (Å²) >= 11 is 4.99. The molecule has 0 spiro atoms. The van der Waals surface area contributed by atoms with E-state index < -0.39 is 17.2 Å². The van der Waals surface area contributed by atoms with Gasteiger partial charge in [0.1, 0.15) is 0 Å². The number of hydrogen-bond donors (Lipinski definition) is 0. The number of aromatic nitrogens is 2. The fourth-order valence-corrected chi connectivity index (χ4v) is 0.795. The van der Waals surface area contributed by atoms with Crippen LogP contribution in [-0.4, -0.2) is 15.2 Å². The Labute approximate surface area is 87.6 Å². The van der Waals surface area contributed by atoms with Crippen molar-refractivity contribution in [2.24, 2.45) is 0 Å². The first-order valence-corrected chi connectivity index (χ1v) is 4.04. The molecule has 1 heterocycles. The zero-order valence-corrected chi connectivity index (χ0v) is 7.88. The maximum Gasteiger partial charge on any atom is 0.451 e. The third kappa shape index (κ3) is 3.67. The maximum atomic E-state index is 12.0. The Balaban J connectivity index is 2.86. The molecule has 0 N–H and O–H groups in total. The lowest BCUT2D eigenvalue weighted by molar-refractivity contribution is -0.145. The van der Waals surface area contributed by atoms with E-state index >= 15 is 0 Å². The van der Waals surface area contributed by atoms with Crippen LogP contribution in [0, 0.1) is 0 Å². The number of halogens is 4. The summed E-state index contributed by atoms with van der Waals surface area (Å²) in [5.41, 5.74) is 0.261. The average molecular weight is 237 g/mol. The van der Waals surface area contributed by atoms with Gasteiger partial charge in [-0.25, -0.2) is 9.97 Å². The summed E-state index contributed by atoms with van der Waals surface area (Å²) in [4.78, 5) is 16.5. The molecule has 15 heavy (non-hydrogen) atoms. The molecule has 0 radical (unpaired) electrons. The molecular formula is C8H4ClF3N2O. The summed E-state index contributed by atoms with van der Waals surface area (Å²) in [6, 6.07) is 0. The number of carbonyl (C=O) groups is 1. The van der Waals surface area contributed by atoms with Crippen LogP contribution in [0.15, 0.2) is 18.5 Å². The van der Waals surface area contributed by atoms with E-state index in [1.165, 1.54) is 6.08 Å². The van der Waals surface area contributed by atoms with Gasteiger partial charge < -0.3 is 0 Å². The first-order chi connectivity index (χ1) is 6.89. The molecule has 7 heteroatoms. The molecule has 0 atom stereocenters. The minimum atomic E-state index is -4.56. The van der Waals surface area contributed by atoms with Crippen molar-refractivity contribution in [2.45, 2.75) is 6.18 Å². The van der Waals surface area contributed by atoms with E-state index in [1.54, 1.807) is 0 Å². The van der Waals surface area contributed by atoms with Crippen LogP contribution in [0.4, 0.5) is 13.2 Å². The quantitative estimate of drug-likeness (QED) is 0.584. The summed E-state index contributed by atoms with van der Waals surface area (Å²) in [7, 11) is 0. The van der Waals surface area contributed by atoms with Crippen LogP contribution in [0.5, 0.6) is 0 Å². The van der Waals surface area contributed by atoms with Gasteiger partial charge in [-0.1, -0.05) is 0 Å². The van der Waals surface area contributed by atoms with Crippen molar-refractivity contribution in [3.05, 3.63) is 29.9 Å². The lowest BCUT2D eigenvalue weighted by Crippen LogP contribution is -2.10. The molecule has 0 amide bonds. The number of carbonyl (C=O) groups excluding carboxylic acids is 1. The van der Waals surface area contributed by atoms with E-state index in [4.69, 9.17) is 11.6 Å². The van der Waals surface area contributed by atoms with Crippen molar-refractivity contribution >= 4 is 22.9 Å². The first kappa shape index (κ1) is 11.6. The minimum absolute atomic E-state index is 0.261. The minimum Gasteiger partial charge on any atom is -0.276 e. The molecule has 0 unspecified atom stereocenters. The van der Waals surface area contributed by atoms with Crippen LogP contribution in [0.2, 0.25) is 0 Å². The molecule has 0 saturated heterocycles. The molecule has 0 aliphatic rings. The van der Waals surface area contributed by atoms with Crippen molar-refractivity contribution in [2.75, 3.05) is 0 Å². The smallest absolute Gasteiger partial charge is 0.276 e. The van der Waals surface area contributed by atoms with Crippen LogP contribution < -0.4 is 0 Å². The highest BCUT2D eigenvalue weighted by Crippen LogP contribution is 2.25. The number of alkyl halides is 3. The highest BCUT2D eigenvalue weighted by atomic mass is 35.5. The molecule has 3 nitrogen and oxygen atoms in total. The lowest BCUT2D eigenvalue weighted by atomic mass is 10.3. The van der Waals surface area contributed by atoms with E-state index in [0.717, 1.165) is 18.5 Å². The van der Waals surface area contributed by atoms with Gasteiger partial charge >= 0.3 is 6.18 Å². The number of allylic oxidation sites excluding steroid dienone is 1. The van der Waals surface area contributed by atoms with Crippen molar-refractivity contribution < 1.29 is 18.0 Å². The Morgan fingerprint density at radius 1 is 1.33 bits per heavy atom. The van der Waals surface area contributed by atoms with Crippen LogP contribution >= 0.6 is 11.6 Å². The number of rotatable bonds is 2. The van der Waals surface area contributed by atoms with Gasteiger partial charge in [0.15, 0.2) is 0 Å². The van der Waals surface area contributed by atoms with Gasteiger partial charge in [-0.15, -0.1) is 0 Å². The topological polar surface area (TPSA) is 42.9 Å². The fraction of sp³-hybridized carbons (Fsp3) is 0.125. The first-order valence-electron chi connectivity index (χ1n) is 3.66. The predicted octanol–water partition coefficient (Wildman–Crippen LogP) is 2.27. The van der Waals surface area contributed by atoms with Crippen molar-refractivity contribution in [3.8, 4) is 0 Å². The molecule has 80 valence electrons. The van der Waals surface area contributed by atoms with E-state index in [1.807, 2.05) is 0 Å². The van der Waals surface area contributed by atoms with Gasteiger partial charge in [0.2, 0.25) is 11.1 Å². The third-order valence-electron chi connectivity index (χ3n) is 1.33. The SMILES string of the molecule is O=C(Cl)C=Cc1cnc(C(F)(F)F)nc1. The van der Waals surface area contributed by atoms with Gasteiger partial charge in [-0.05, 0) is 23.8 Å². The zero-order valence-electron chi connectivity index (χ0n) is 7.12. The summed E-state index contributed by atoms with van der Waals surface area (Å²) in [6.45, 7) is 0. The van der Waals surface area contributed by atoms with E-state index in [2.05, 4.69) is 9.97 Å². The Bertz CT molecular complexity index is 386. The second-order valence-corrected chi connectivity index (χ2v) is 2.85. The lowest BCUT2D eigenvalue weighted by Gasteiger charge is -2.03. The molecule has 1 aromatic rings. The Morgan fingerprint density at radius 3 is 2.27 bits per heavy atom. The standard InChI is InChI=1S/C8H4ClF3N2O/c9-6(15)2-1-5-3-13-7(14-4-5)8(10,11)12/h1-4H.